The number of nitro benzene ring substituents is 1. The molecule has 118 valence electrons. The number of rotatable bonds is 2. The molecule has 6 nitrogen and oxygen atoms in total. The van der Waals surface area contributed by atoms with Crippen LogP contribution in [0.5, 0.6) is 5.75 Å². The predicted molar refractivity (Wildman–Crippen MR) is 70.7 cm³/mol. The van der Waals surface area contributed by atoms with Crippen molar-refractivity contribution < 1.29 is 27.6 Å². The number of fused-ring (bicyclic) bond motifs is 1. The van der Waals surface area contributed by atoms with Crippen LogP contribution >= 0.6 is 0 Å². The Morgan fingerprint density at radius 1 is 1.36 bits per heavy atom. The molecule has 9 heteroatoms. The Morgan fingerprint density at radius 2 is 1.95 bits per heavy atom. The summed E-state index contributed by atoms with van der Waals surface area (Å²) in [6.45, 7) is 3.67. The number of carbonyl (C=O) groups excluding carboxylic acids is 1. The second-order valence-electron chi connectivity index (χ2n) is 4.77. The number of nitrogens with one attached hydrogen (secondary N) is 1. The number of hydrogen-bond acceptors (Lipinski definition) is 4. The summed E-state index contributed by atoms with van der Waals surface area (Å²) in [6.07, 6.45) is -4.98. The summed E-state index contributed by atoms with van der Waals surface area (Å²) < 4.78 is 45.0. The molecule has 0 spiro atoms. The first-order chi connectivity index (χ1) is 10.0. The van der Waals surface area contributed by atoms with Crippen molar-refractivity contribution in [1.29, 1.82) is 0 Å². The van der Waals surface area contributed by atoms with Gasteiger partial charge in [-0.2, -0.15) is 13.2 Å². The Bertz CT molecular complexity index is 793. The first-order valence-electron chi connectivity index (χ1n) is 6.10. The lowest BCUT2D eigenvalue weighted by atomic mass is 10.0. The lowest BCUT2D eigenvalue weighted by molar-refractivity contribution is -0.388. The van der Waals surface area contributed by atoms with Crippen molar-refractivity contribution in [3.8, 4) is 5.75 Å². The van der Waals surface area contributed by atoms with Gasteiger partial charge in [-0.05, 0) is 19.9 Å². The van der Waals surface area contributed by atoms with Crippen LogP contribution in [0.1, 0.15) is 23.7 Å². The number of ether oxygens (including phenoxy) is 1. The number of nitrogens with zero attached hydrogens (tertiary/aromatic N) is 1. The van der Waals surface area contributed by atoms with Crippen molar-refractivity contribution in [1.82, 2.24) is 4.98 Å². The number of hydrogen-bond donors (Lipinski definition) is 1. The fraction of sp³-hybridized carbons (Fsp3) is 0.308. The minimum Gasteiger partial charge on any atom is -0.424 e. The summed E-state index contributed by atoms with van der Waals surface area (Å²) in [5.41, 5.74) is -2.42. The van der Waals surface area contributed by atoms with Gasteiger partial charge in [0.15, 0.2) is 5.75 Å². The summed E-state index contributed by atoms with van der Waals surface area (Å²) in [6, 6.07) is 1.22. The number of nitro groups is 1. The zero-order chi connectivity index (χ0) is 16.8. The lowest BCUT2D eigenvalue weighted by Gasteiger charge is -2.12. The van der Waals surface area contributed by atoms with E-state index in [0.717, 1.165) is 6.92 Å². The predicted octanol–water partition coefficient (Wildman–Crippen LogP) is 3.64. The maximum Gasteiger partial charge on any atom is 0.423 e. The zero-order valence-corrected chi connectivity index (χ0v) is 11.8. The van der Waals surface area contributed by atoms with Crippen LogP contribution in [0.2, 0.25) is 0 Å². The summed E-state index contributed by atoms with van der Waals surface area (Å²) in [7, 11) is 0. The van der Waals surface area contributed by atoms with E-state index in [9.17, 15) is 28.1 Å². The normalized spacial score (nSPS) is 11.7. The van der Waals surface area contributed by atoms with Gasteiger partial charge in [-0.1, -0.05) is 0 Å². The Kier molecular flexibility index (Phi) is 3.59. The molecule has 0 fully saturated rings. The molecule has 0 bridgehead atoms. The van der Waals surface area contributed by atoms with Crippen LogP contribution < -0.4 is 4.74 Å². The molecular formula is C13H11F3N2O4. The third-order valence-electron chi connectivity index (χ3n) is 3.09. The standard InChI is InChI=1S/C13H11F3N2O4/c1-5-4-8-9(12(6(2)17-8)22-7(3)19)10(13(14,15)16)11(5)18(20)21/h4,17H,1-3H3. The van der Waals surface area contributed by atoms with E-state index in [1.54, 1.807) is 0 Å². The number of carbonyl (C=O) groups is 1. The number of halogens is 3. The van der Waals surface area contributed by atoms with Crippen LogP contribution in [0, 0.1) is 24.0 Å². The zero-order valence-electron chi connectivity index (χ0n) is 11.8. The maximum absolute atomic E-state index is 13.4. The Labute approximate surface area is 122 Å². The van der Waals surface area contributed by atoms with Gasteiger partial charge in [0.2, 0.25) is 0 Å². The van der Waals surface area contributed by atoms with Crippen LogP contribution in [-0.2, 0) is 11.0 Å². The highest BCUT2D eigenvalue weighted by molar-refractivity contribution is 5.96. The highest BCUT2D eigenvalue weighted by atomic mass is 19.4. The van der Waals surface area contributed by atoms with E-state index in [-0.39, 0.29) is 22.5 Å². The maximum atomic E-state index is 13.4. The van der Waals surface area contributed by atoms with Gasteiger partial charge in [-0.15, -0.1) is 0 Å². The average Bonchev–Trinajstić information content (AvgIpc) is 2.61. The summed E-state index contributed by atoms with van der Waals surface area (Å²) in [5.74, 6) is -1.17. The van der Waals surface area contributed by atoms with Crippen LogP contribution in [-0.4, -0.2) is 15.9 Å². The van der Waals surface area contributed by atoms with Crippen molar-refractivity contribution in [2.45, 2.75) is 26.9 Å². The Morgan fingerprint density at radius 3 is 2.41 bits per heavy atom. The van der Waals surface area contributed by atoms with Crippen molar-refractivity contribution in [2.75, 3.05) is 0 Å². The second kappa shape index (κ2) is 5.00. The van der Waals surface area contributed by atoms with Crippen molar-refractivity contribution >= 4 is 22.6 Å². The Balaban J connectivity index is 3.02. The molecular weight excluding hydrogens is 305 g/mol. The van der Waals surface area contributed by atoms with Gasteiger partial charge in [0.1, 0.15) is 5.56 Å². The van der Waals surface area contributed by atoms with E-state index < -0.39 is 33.7 Å². The van der Waals surface area contributed by atoms with E-state index in [0.29, 0.717) is 0 Å². The SMILES string of the molecule is CC(=O)Oc1c(C)[nH]c2cc(C)c([N+](=O)[O-])c(C(F)(F)F)c12. The molecule has 0 unspecified atom stereocenters. The quantitative estimate of drug-likeness (QED) is 0.521. The first kappa shape index (κ1) is 15.8. The molecule has 0 atom stereocenters. The van der Waals surface area contributed by atoms with Crippen LogP contribution in [0.15, 0.2) is 6.07 Å². The van der Waals surface area contributed by atoms with Crippen molar-refractivity contribution in [3.05, 3.63) is 33.0 Å². The second-order valence-corrected chi connectivity index (χ2v) is 4.77. The molecule has 1 aromatic carbocycles. The molecule has 0 aliphatic rings. The first-order valence-corrected chi connectivity index (χ1v) is 6.10. The molecule has 1 heterocycles. The fourth-order valence-electron chi connectivity index (χ4n) is 2.37. The lowest BCUT2D eigenvalue weighted by Crippen LogP contribution is -2.12. The minimum absolute atomic E-state index is 0.0178. The van der Waals surface area contributed by atoms with E-state index >= 15 is 0 Å². The minimum atomic E-state index is -4.98. The molecule has 1 N–H and O–H groups in total. The molecule has 1 aromatic heterocycles. The van der Waals surface area contributed by atoms with Crippen LogP contribution in [0.4, 0.5) is 18.9 Å². The number of aromatic amines is 1. The van der Waals surface area contributed by atoms with Gasteiger partial charge in [0, 0.05) is 12.5 Å². The molecule has 22 heavy (non-hydrogen) atoms. The number of aryl methyl sites for hydroxylation is 2. The average molecular weight is 316 g/mol. The van der Waals surface area contributed by atoms with Gasteiger partial charge in [0.25, 0.3) is 5.69 Å². The smallest absolute Gasteiger partial charge is 0.423 e. The topological polar surface area (TPSA) is 85.2 Å². The van der Waals surface area contributed by atoms with Gasteiger partial charge < -0.3 is 9.72 Å². The highest BCUT2D eigenvalue weighted by Crippen LogP contribution is 2.46. The van der Waals surface area contributed by atoms with Crippen molar-refractivity contribution in [3.63, 3.8) is 0 Å². The molecule has 2 aromatic rings. The monoisotopic (exact) mass is 316 g/mol. The van der Waals surface area contributed by atoms with Gasteiger partial charge >= 0.3 is 12.1 Å². The fourth-order valence-corrected chi connectivity index (χ4v) is 2.37. The third-order valence-corrected chi connectivity index (χ3v) is 3.09. The van der Waals surface area contributed by atoms with Crippen LogP contribution in [0.25, 0.3) is 10.9 Å². The highest BCUT2D eigenvalue weighted by Gasteiger charge is 2.43. The van der Waals surface area contributed by atoms with E-state index in [1.807, 2.05) is 0 Å². The molecule has 0 radical (unpaired) electrons. The molecule has 2 rings (SSSR count). The van der Waals surface area contributed by atoms with Gasteiger partial charge in [-0.3, -0.25) is 14.9 Å². The number of aromatic nitrogens is 1. The van der Waals surface area contributed by atoms with Crippen molar-refractivity contribution in [2.24, 2.45) is 0 Å². The summed E-state index contributed by atoms with van der Waals surface area (Å²) >= 11 is 0. The van der Waals surface area contributed by atoms with E-state index in [1.165, 1.54) is 19.9 Å². The number of benzene rings is 1. The Hall–Kier alpha value is -2.58. The van der Waals surface area contributed by atoms with Gasteiger partial charge in [-0.25, -0.2) is 0 Å². The molecule has 0 saturated heterocycles. The molecule has 0 aliphatic carbocycles. The van der Waals surface area contributed by atoms with E-state index in [4.69, 9.17) is 4.74 Å². The van der Waals surface area contributed by atoms with E-state index in [2.05, 4.69) is 4.98 Å². The largest absolute Gasteiger partial charge is 0.424 e. The molecule has 0 saturated carbocycles. The third kappa shape index (κ3) is 2.49. The number of esters is 1. The molecule has 0 aliphatic heterocycles. The molecule has 0 amide bonds. The number of H-pyrrole nitrogens is 1. The summed E-state index contributed by atoms with van der Waals surface area (Å²) in [5, 5.41) is 10.5. The van der Waals surface area contributed by atoms with Crippen LogP contribution in [0.3, 0.4) is 0 Å². The number of alkyl halides is 3. The van der Waals surface area contributed by atoms with Gasteiger partial charge in [0.05, 0.1) is 21.5 Å². The summed E-state index contributed by atoms with van der Waals surface area (Å²) in [4.78, 5) is 23.7.